The average Bonchev–Trinajstić information content (AvgIpc) is 3.72. The number of hydrogen-bond donors (Lipinski definition) is 0. The number of aliphatic imine (C=N–C) groups is 1. The molecule has 1 saturated heterocycles. The smallest absolute Gasteiger partial charge is 0.256 e. The molecule has 2 aliphatic carbocycles. The van der Waals surface area contributed by atoms with E-state index in [9.17, 15) is 9.59 Å². The molecule has 0 unspecified atom stereocenters. The summed E-state index contributed by atoms with van der Waals surface area (Å²) in [6.07, 6.45) is 4.70. The van der Waals surface area contributed by atoms with Crippen LogP contribution in [0.2, 0.25) is 5.02 Å². The molecule has 2 aliphatic heterocycles. The van der Waals surface area contributed by atoms with Crippen LogP contribution in [0, 0.1) is 11.8 Å². The first-order valence-corrected chi connectivity index (χ1v) is 12.0. The normalized spacial score (nSPS) is 23.7. The molecule has 5 nitrogen and oxygen atoms in total. The van der Waals surface area contributed by atoms with E-state index in [2.05, 4.69) is 12.1 Å². The van der Waals surface area contributed by atoms with Crippen LogP contribution in [-0.2, 0) is 9.59 Å². The summed E-state index contributed by atoms with van der Waals surface area (Å²) in [7, 11) is 0. The number of nitrogens with zero attached hydrogens (tertiary/aromatic N) is 3. The molecule has 1 atom stereocenters. The quantitative estimate of drug-likeness (QED) is 0.682. The van der Waals surface area contributed by atoms with Gasteiger partial charge < -0.3 is 4.90 Å². The van der Waals surface area contributed by atoms with Gasteiger partial charge in [-0.25, -0.2) is 0 Å². The number of rotatable bonds is 5. The molecule has 2 saturated carbocycles. The molecule has 164 valence electrons. The van der Waals surface area contributed by atoms with Crippen molar-refractivity contribution < 1.29 is 9.59 Å². The van der Waals surface area contributed by atoms with Gasteiger partial charge in [0.2, 0.25) is 5.91 Å². The molecule has 4 aliphatic rings. The molecule has 2 aromatic carbocycles. The summed E-state index contributed by atoms with van der Waals surface area (Å²) in [4.78, 5) is 34.5. The number of amidine groups is 1. The highest BCUT2D eigenvalue weighted by molar-refractivity contribution is 6.30. The van der Waals surface area contributed by atoms with E-state index in [0.717, 1.165) is 67.7 Å². The predicted molar refractivity (Wildman–Crippen MR) is 125 cm³/mol. The largest absolute Gasteiger partial charge is 0.342 e. The predicted octanol–water partition coefficient (Wildman–Crippen LogP) is 4.39. The second-order valence-electron chi connectivity index (χ2n) is 9.68. The molecule has 32 heavy (non-hydrogen) atoms. The summed E-state index contributed by atoms with van der Waals surface area (Å²) >= 11 is 6.15. The van der Waals surface area contributed by atoms with Gasteiger partial charge in [0.15, 0.2) is 0 Å². The van der Waals surface area contributed by atoms with Gasteiger partial charge in [0.1, 0.15) is 11.4 Å². The van der Waals surface area contributed by atoms with Crippen LogP contribution >= 0.6 is 11.6 Å². The Bertz CT molecular complexity index is 1120. The van der Waals surface area contributed by atoms with Crippen molar-refractivity contribution in [3.63, 3.8) is 0 Å². The van der Waals surface area contributed by atoms with Gasteiger partial charge in [0, 0.05) is 36.1 Å². The summed E-state index contributed by atoms with van der Waals surface area (Å²) in [6, 6.07) is 16.0. The second kappa shape index (κ2) is 7.45. The summed E-state index contributed by atoms with van der Waals surface area (Å²) < 4.78 is 0. The fourth-order valence-corrected chi connectivity index (χ4v) is 5.19. The van der Waals surface area contributed by atoms with Gasteiger partial charge in [-0.1, -0.05) is 48.0 Å². The maximum absolute atomic E-state index is 13.2. The third-order valence-corrected chi connectivity index (χ3v) is 7.44. The number of benzene rings is 2. The number of likely N-dealkylation sites (tertiary alicyclic amines) is 1. The third-order valence-electron chi connectivity index (χ3n) is 7.21. The second-order valence-corrected chi connectivity index (χ2v) is 10.1. The fourth-order valence-electron chi connectivity index (χ4n) is 5.00. The fraction of sp³-hybridized carbons (Fsp3) is 0.423. The summed E-state index contributed by atoms with van der Waals surface area (Å²) in [5.74, 6) is 1.80. The lowest BCUT2D eigenvalue weighted by Gasteiger charge is -2.23. The highest BCUT2D eigenvalue weighted by Gasteiger charge is 2.57. The molecule has 0 radical (unpaired) electrons. The van der Waals surface area contributed by atoms with Crippen molar-refractivity contribution in [1.82, 2.24) is 9.80 Å². The van der Waals surface area contributed by atoms with Crippen molar-refractivity contribution in [2.75, 3.05) is 19.6 Å². The lowest BCUT2D eigenvalue weighted by atomic mass is 10.0. The van der Waals surface area contributed by atoms with E-state index in [-0.39, 0.29) is 11.8 Å². The monoisotopic (exact) mass is 447 g/mol. The van der Waals surface area contributed by atoms with Gasteiger partial charge in [-0.05, 0) is 61.3 Å². The Morgan fingerprint density at radius 3 is 2.47 bits per heavy atom. The first-order chi connectivity index (χ1) is 15.5. The number of carbonyl (C=O) groups excluding carboxylic acids is 2. The maximum Gasteiger partial charge on any atom is 0.256 e. The van der Waals surface area contributed by atoms with E-state index in [4.69, 9.17) is 16.6 Å². The van der Waals surface area contributed by atoms with Crippen LogP contribution in [0.1, 0.15) is 37.7 Å². The number of hydrogen-bond acceptors (Lipinski definition) is 3. The third kappa shape index (κ3) is 3.53. The lowest BCUT2D eigenvalue weighted by molar-refractivity contribution is -0.131. The Kier molecular flexibility index (Phi) is 4.65. The molecule has 0 aromatic heterocycles. The minimum atomic E-state index is -0.525. The molecule has 2 amide bonds. The first kappa shape index (κ1) is 20.0. The molecule has 6 heteroatoms. The van der Waals surface area contributed by atoms with Crippen LogP contribution in [-0.4, -0.2) is 52.6 Å². The summed E-state index contributed by atoms with van der Waals surface area (Å²) in [6.45, 7) is 2.21. The van der Waals surface area contributed by atoms with E-state index < -0.39 is 5.54 Å². The zero-order chi connectivity index (χ0) is 21.9. The highest BCUT2D eigenvalue weighted by atomic mass is 35.5. The van der Waals surface area contributed by atoms with Gasteiger partial charge >= 0.3 is 0 Å². The molecule has 1 spiro atoms. The summed E-state index contributed by atoms with van der Waals surface area (Å²) in [5, 5.41) is 0.713. The van der Waals surface area contributed by atoms with E-state index in [1.54, 1.807) is 0 Å². The topological polar surface area (TPSA) is 53.0 Å². The number of amides is 2. The Morgan fingerprint density at radius 2 is 1.78 bits per heavy atom. The standard InChI is InChI=1S/C26H26ClN3O2/c27-22-3-1-2-21(14-22)18-4-6-19(7-5-18)23-28-26(11-12-26)25(32)30(23)16-17-10-13-29(15-17)24(31)20-8-9-20/h1-7,14,17,20H,8-13,15-16H2/t17-/m1/s1. The Balaban J connectivity index is 1.21. The molecule has 2 aromatic rings. The molecular weight excluding hydrogens is 422 g/mol. The van der Waals surface area contributed by atoms with Gasteiger partial charge in [-0.15, -0.1) is 0 Å². The van der Waals surface area contributed by atoms with E-state index in [1.165, 1.54) is 0 Å². The Labute approximate surface area is 193 Å². The highest BCUT2D eigenvalue weighted by Crippen LogP contribution is 2.46. The zero-order valence-corrected chi connectivity index (χ0v) is 18.7. The van der Waals surface area contributed by atoms with E-state index in [1.807, 2.05) is 46.2 Å². The van der Waals surface area contributed by atoms with Crippen molar-refractivity contribution >= 4 is 29.3 Å². The Morgan fingerprint density at radius 1 is 1.03 bits per heavy atom. The van der Waals surface area contributed by atoms with Crippen molar-refractivity contribution in [3.05, 3.63) is 59.1 Å². The van der Waals surface area contributed by atoms with Gasteiger partial charge in [-0.3, -0.25) is 19.5 Å². The van der Waals surface area contributed by atoms with Crippen LogP contribution in [0.15, 0.2) is 53.5 Å². The Hall–Kier alpha value is -2.66. The average molecular weight is 448 g/mol. The van der Waals surface area contributed by atoms with Crippen LogP contribution in [0.5, 0.6) is 0 Å². The van der Waals surface area contributed by atoms with Gasteiger partial charge in [-0.2, -0.15) is 0 Å². The number of halogens is 1. The van der Waals surface area contributed by atoms with Crippen LogP contribution in [0.25, 0.3) is 11.1 Å². The molecule has 3 fully saturated rings. The van der Waals surface area contributed by atoms with Crippen molar-refractivity contribution in [3.8, 4) is 11.1 Å². The molecule has 6 rings (SSSR count). The number of carbonyl (C=O) groups is 2. The SMILES string of the molecule is O=C(C1CC1)N1CC[C@@H](CN2C(=O)C3(CC3)N=C2c2ccc(-c3cccc(Cl)c3)cc2)C1. The first-order valence-electron chi connectivity index (χ1n) is 11.6. The molecule has 0 bridgehead atoms. The minimum Gasteiger partial charge on any atom is -0.342 e. The molecule has 2 heterocycles. The van der Waals surface area contributed by atoms with E-state index >= 15 is 0 Å². The summed E-state index contributed by atoms with van der Waals surface area (Å²) in [5.41, 5.74) is 2.59. The van der Waals surface area contributed by atoms with Crippen molar-refractivity contribution in [1.29, 1.82) is 0 Å². The van der Waals surface area contributed by atoms with Crippen LogP contribution in [0.3, 0.4) is 0 Å². The minimum absolute atomic E-state index is 0.137. The zero-order valence-electron chi connectivity index (χ0n) is 18.0. The van der Waals surface area contributed by atoms with Crippen molar-refractivity contribution in [2.24, 2.45) is 16.8 Å². The molecular formula is C26H26ClN3O2. The van der Waals surface area contributed by atoms with Crippen molar-refractivity contribution in [2.45, 2.75) is 37.6 Å². The van der Waals surface area contributed by atoms with Crippen LogP contribution < -0.4 is 0 Å². The van der Waals surface area contributed by atoms with Gasteiger partial charge in [0.25, 0.3) is 5.91 Å². The van der Waals surface area contributed by atoms with E-state index in [0.29, 0.717) is 23.4 Å². The maximum atomic E-state index is 13.2. The van der Waals surface area contributed by atoms with Crippen LogP contribution in [0.4, 0.5) is 0 Å². The lowest BCUT2D eigenvalue weighted by Crippen LogP contribution is -2.40. The molecule has 0 N–H and O–H groups in total. The van der Waals surface area contributed by atoms with Gasteiger partial charge in [0.05, 0.1) is 0 Å².